The van der Waals surface area contributed by atoms with Crippen LogP contribution in [0, 0.1) is 0 Å². The summed E-state index contributed by atoms with van der Waals surface area (Å²) in [5.41, 5.74) is 12.5. The second kappa shape index (κ2) is 10.7. The standard InChI is InChI=1S/C31H36N4O3/c1-19(36)33-25-14-10-23(11-15-25)30-28(34-20(2)37)16-27(21-6-4-3-5-7-21)29(35-30)22-8-12-24(13-9-22)31(32)17-26(38)18-31/h3-9,12-13,16,23,25-26,38H,10-11,14-15,17-18,32H2,1-2H3,(H,33,36)(H,34,37). The molecule has 7 heteroatoms. The molecular weight excluding hydrogens is 476 g/mol. The summed E-state index contributed by atoms with van der Waals surface area (Å²) in [7, 11) is 0. The minimum absolute atomic E-state index is 0.000808. The third kappa shape index (κ3) is 5.49. The summed E-state index contributed by atoms with van der Waals surface area (Å²) in [4.78, 5) is 29.0. The molecule has 2 aromatic carbocycles. The predicted molar refractivity (Wildman–Crippen MR) is 149 cm³/mol. The van der Waals surface area contributed by atoms with Gasteiger partial charge in [-0.3, -0.25) is 9.59 Å². The third-order valence-corrected chi connectivity index (χ3v) is 7.90. The minimum Gasteiger partial charge on any atom is -0.393 e. The van der Waals surface area contributed by atoms with E-state index in [0.717, 1.165) is 65.0 Å². The van der Waals surface area contributed by atoms with Crippen LogP contribution >= 0.6 is 0 Å². The van der Waals surface area contributed by atoms with Gasteiger partial charge >= 0.3 is 0 Å². The maximum atomic E-state index is 12.2. The van der Waals surface area contributed by atoms with Crippen LogP contribution in [-0.2, 0) is 15.1 Å². The second-order valence-electron chi connectivity index (χ2n) is 10.9. The molecule has 2 aliphatic rings. The van der Waals surface area contributed by atoms with Gasteiger partial charge in [0.2, 0.25) is 11.8 Å². The van der Waals surface area contributed by atoms with Crippen LogP contribution in [0.25, 0.3) is 22.4 Å². The molecule has 0 atom stereocenters. The van der Waals surface area contributed by atoms with Crippen molar-refractivity contribution in [3.63, 3.8) is 0 Å². The summed E-state index contributed by atoms with van der Waals surface area (Å²) in [6.07, 6.45) is 4.31. The Morgan fingerprint density at radius 3 is 2.16 bits per heavy atom. The molecule has 1 aromatic heterocycles. The number of rotatable bonds is 6. The van der Waals surface area contributed by atoms with Gasteiger partial charge in [-0.2, -0.15) is 0 Å². The Balaban J connectivity index is 1.56. The molecule has 2 aliphatic carbocycles. The van der Waals surface area contributed by atoms with Crippen LogP contribution in [0.2, 0.25) is 0 Å². The first-order valence-electron chi connectivity index (χ1n) is 13.4. The zero-order chi connectivity index (χ0) is 26.9. The van der Waals surface area contributed by atoms with E-state index in [9.17, 15) is 14.7 Å². The molecule has 2 saturated carbocycles. The number of aliphatic hydroxyl groups excluding tert-OH is 1. The van der Waals surface area contributed by atoms with E-state index in [1.54, 1.807) is 6.92 Å². The SMILES string of the molecule is CC(=O)Nc1cc(-c2ccccc2)c(-c2ccc(C3(N)CC(O)C3)cc2)nc1C1CCC(NC(C)=O)CC1. The van der Waals surface area contributed by atoms with Crippen molar-refractivity contribution < 1.29 is 14.7 Å². The minimum atomic E-state index is -0.486. The number of carbonyl (C=O) groups is 2. The summed E-state index contributed by atoms with van der Waals surface area (Å²) in [5, 5.41) is 15.9. The van der Waals surface area contributed by atoms with Crippen molar-refractivity contribution in [2.24, 2.45) is 5.73 Å². The van der Waals surface area contributed by atoms with E-state index >= 15 is 0 Å². The summed E-state index contributed by atoms with van der Waals surface area (Å²) >= 11 is 0. The summed E-state index contributed by atoms with van der Waals surface area (Å²) in [6, 6.07) is 20.5. The van der Waals surface area contributed by atoms with Gasteiger partial charge in [-0.25, -0.2) is 4.98 Å². The van der Waals surface area contributed by atoms with Crippen molar-refractivity contribution in [3.05, 3.63) is 71.9 Å². The quantitative estimate of drug-likeness (QED) is 0.377. The maximum Gasteiger partial charge on any atom is 0.221 e. The molecule has 38 heavy (non-hydrogen) atoms. The summed E-state index contributed by atoms with van der Waals surface area (Å²) < 4.78 is 0. The van der Waals surface area contributed by atoms with Gasteiger partial charge in [0.15, 0.2) is 0 Å². The number of anilines is 1. The Kier molecular flexibility index (Phi) is 7.32. The molecule has 198 valence electrons. The van der Waals surface area contributed by atoms with Gasteiger partial charge in [0, 0.05) is 42.5 Å². The fourth-order valence-corrected chi connectivity index (χ4v) is 5.96. The monoisotopic (exact) mass is 512 g/mol. The van der Waals surface area contributed by atoms with Crippen LogP contribution in [-0.4, -0.2) is 34.1 Å². The van der Waals surface area contributed by atoms with E-state index in [0.29, 0.717) is 12.8 Å². The van der Waals surface area contributed by atoms with Crippen LogP contribution in [0.3, 0.4) is 0 Å². The van der Waals surface area contributed by atoms with E-state index in [4.69, 9.17) is 10.7 Å². The largest absolute Gasteiger partial charge is 0.393 e. The third-order valence-electron chi connectivity index (χ3n) is 7.90. The molecule has 0 spiro atoms. The lowest BCUT2D eigenvalue weighted by Crippen LogP contribution is -2.51. The highest BCUT2D eigenvalue weighted by Gasteiger charge is 2.41. The van der Waals surface area contributed by atoms with Crippen LogP contribution < -0.4 is 16.4 Å². The average Bonchev–Trinajstić information content (AvgIpc) is 2.88. The number of nitrogens with one attached hydrogen (secondary N) is 2. The number of hydrogen-bond acceptors (Lipinski definition) is 5. The summed E-state index contributed by atoms with van der Waals surface area (Å²) in [5.74, 6) is 0.0413. The highest BCUT2D eigenvalue weighted by Crippen LogP contribution is 2.42. The Hall–Kier alpha value is -3.55. The number of hydrogen-bond donors (Lipinski definition) is 4. The Morgan fingerprint density at radius 1 is 0.921 bits per heavy atom. The Bertz CT molecular complexity index is 1310. The fraction of sp³-hybridized carbons (Fsp3) is 0.387. The van der Waals surface area contributed by atoms with Gasteiger partial charge in [-0.15, -0.1) is 0 Å². The van der Waals surface area contributed by atoms with Crippen LogP contribution in [0.5, 0.6) is 0 Å². The van der Waals surface area contributed by atoms with Gasteiger partial charge in [-0.1, -0.05) is 54.6 Å². The lowest BCUT2D eigenvalue weighted by atomic mass is 9.70. The Labute approximate surface area is 223 Å². The topological polar surface area (TPSA) is 117 Å². The molecule has 2 amide bonds. The van der Waals surface area contributed by atoms with Crippen molar-refractivity contribution in [1.82, 2.24) is 10.3 Å². The molecule has 2 fully saturated rings. The summed E-state index contributed by atoms with van der Waals surface area (Å²) in [6.45, 7) is 3.08. The number of aliphatic hydroxyl groups is 1. The molecule has 0 bridgehead atoms. The zero-order valence-corrected chi connectivity index (χ0v) is 22.0. The number of nitrogens with two attached hydrogens (primary N) is 1. The first-order chi connectivity index (χ1) is 18.2. The molecule has 5 rings (SSSR count). The lowest BCUT2D eigenvalue weighted by Gasteiger charge is -2.42. The highest BCUT2D eigenvalue weighted by atomic mass is 16.3. The van der Waals surface area contributed by atoms with Gasteiger partial charge in [0.1, 0.15) is 0 Å². The van der Waals surface area contributed by atoms with E-state index in [1.807, 2.05) is 30.3 Å². The molecule has 0 unspecified atom stereocenters. The van der Waals surface area contributed by atoms with Crippen LogP contribution in [0.15, 0.2) is 60.7 Å². The molecular formula is C31H36N4O3. The number of amides is 2. The molecule has 3 aromatic rings. The maximum absolute atomic E-state index is 12.2. The molecule has 1 heterocycles. The number of nitrogens with zero attached hydrogens (tertiary/aromatic N) is 1. The normalized spacial score (nSPS) is 24.8. The van der Waals surface area contributed by atoms with Gasteiger partial charge in [0.25, 0.3) is 0 Å². The second-order valence-corrected chi connectivity index (χ2v) is 10.9. The lowest BCUT2D eigenvalue weighted by molar-refractivity contribution is -0.120. The van der Waals surface area contributed by atoms with Crippen LogP contribution in [0.4, 0.5) is 5.69 Å². The average molecular weight is 513 g/mol. The number of pyridine rings is 1. The molecule has 5 N–H and O–H groups in total. The van der Waals surface area contributed by atoms with Crippen molar-refractivity contribution in [1.29, 1.82) is 0 Å². The number of benzene rings is 2. The zero-order valence-electron chi connectivity index (χ0n) is 22.0. The molecule has 0 radical (unpaired) electrons. The smallest absolute Gasteiger partial charge is 0.221 e. The van der Waals surface area contributed by atoms with Crippen molar-refractivity contribution >= 4 is 17.5 Å². The van der Waals surface area contributed by atoms with E-state index in [-0.39, 0.29) is 29.9 Å². The van der Waals surface area contributed by atoms with Crippen LogP contribution in [0.1, 0.15) is 69.5 Å². The predicted octanol–water partition coefficient (Wildman–Crippen LogP) is 4.85. The van der Waals surface area contributed by atoms with Crippen molar-refractivity contribution in [3.8, 4) is 22.4 Å². The van der Waals surface area contributed by atoms with Crippen molar-refractivity contribution in [2.75, 3.05) is 5.32 Å². The molecule has 0 aliphatic heterocycles. The van der Waals surface area contributed by atoms with E-state index < -0.39 is 5.54 Å². The number of carbonyl (C=O) groups excluding carboxylic acids is 2. The first-order valence-corrected chi connectivity index (χ1v) is 13.4. The van der Waals surface area contributed by atoms with E-state index in [2.05, 4.69) is 41.0 Å². The highest BCUT2D eigenvalue weighted by molar-refractivity contribution is 5.92. The van der Waals surface area contributed by atoms with E-state index in [1.165, 1.54) is 6.92 Å². The van der Waals surface area contributed by atoms with Gasteiger partial charge < -0.3 is 21.5 Å². The van der Waals surface area contributed by atoms with Gasteiger partial charge in [0.05, 0.1) is 23.2 Å². The molecule has 7 nitrogen and oxygen atoms in total. The fourth-order valence-electron chi connectivity index (χ4n) is 5.96. The Morgan fingerprint density at radius 2 is 1.58 bits per heavy atom. The van der Waals surface area contributed by atoms with Crippen molar-refractivity contribution in [2.45, 2.75) is 76.0 Å². The number of aromatic nitrogens is 1. The molecule has 0 saturated heterocycles. The van der Waals surface area contributed by atoms with Gasteiger partial charge in [-0.05, 0) is 55.7 Å². The first kappa shape index (κ1) is 26.1.